The highest BCUT2D eigenvalue weighted by Gasteiger charge is 2.22. The van der Waals surface area contributed by atoms with E-state index < -0.39 is 0 Å². The number of rotatable bonds is 3. The third-order valence-corrected chi connectivity index (χ3v) is 5.68. The average molecular weight is 358 g/mol. The zero-order valence-electron chi connectivity index (χ0n) is 17.0. The second-order valence-corrected chi connectivity index (χ2v) is 7.67. The number of benzene rings is 2. The van der Waals surface area contributed by atoms with Crippen molar-refractivity contribution in [3.8, 4) is 16.9 Å². The van der Waals surface area contributed by atoms with E-state index in [0.717, 1.165) is 23.7 Å². The maximum Gasteiger partial charge on any atom is 0.130 e. The number of allylic oxidation sites excluding steroid dienone is 1. The molecule has 0 radical (unpaired) electrons. The van der Waals surface area contributed by atoms with Crippen molar-refractivity contribution in [3.05, 3.63) is 75.2 Å². The molecule has 0 N–H and O–H groups in total. The van der Waals surface area contributed by atoms with E-state index in [-0.39, 0.29) is 0 Å². The van der Waals surface area contributed by atoms with E-state index in [2.05, 4.69) is 64.1 Å². The van der Waals surface area contributed by atoms with Gasteiger partial charge in [0, 0.05) is 6.42 Å². The van der Waals surface area contributed by atoms with Crippen molar-refractivity contribution in [2.45, 2.75) is 41.0 Å². The van der Waals surface area contributed by atoms with Crippen LogP contribution in [0.1, 0.15) is 44.9 Å². The van der Waals surface area contributed by atoms with Gasteiger partial charge in [0.1, 0.15) is 17.3 Å². The Kier molecular flexibility index (Phi) is 4.22. The number of furan rings is 1. The minimum absolute atomic E-state index is 0.920. The van der Waals surface area contributed by atoms with Gasteiger partial charge < -0.3 is 9.15 Å². The van der Waals surface area contributed by atoms with Crippen LogP contribution in [-0.2, 0) is 6.42 Å². The summed E-state index contributed by atoms with van der Waals surface area (Å²) in [4.78, 5) is 0. The zero-order valence-corrected chi connectivity index (χ0v) is 17.0. The van der Waals surface area contributed by atoms with Crippen molar-refractivity contribution < 1.29 is 9.15 Å². The van der Waals surface area contributed by atoms with Gasteiger partial charge in [0.2, 0.25) is 0 Å². The average Bonchev–Trinajstić information content (AvgIpc) is 3.18. The summed E-state index contributed by atoms with van der Waals surface area (Å²) in [5.74, 6) is 2.97. The lowest BCUT2D eigenvalue weighted by Gasteiger charge is -2.16. The SMILES string of the molecule is COc1c(C)cc(-c2c(C)ccc3c2C=C(c2cc(C)c(C)o2)C3)cc1C. The van der Waals surface area contributed by atoms with Gasteiger partial charge in [0.05, 0.1) is 7.11 Å². The second kappa shape index (κ2) is 6.45. The summed E-state index contributed by atoms with van der Waals surface area (Å²) in [6.45, 7) is 10.5. The minimum Gasteiger partial charge on any atom is -0.496 e. The van der Waals surface area contributed by atoms with Crippen LogP contribution in [0, 0.1) is 34.6 Å². The number of ether oxygens (including phenoxy) is 1. The molecule has 138 valence electrons. The van der Waals surface area contributed by atoms with Gasteiger partial charge in [-0.25, -0.2) is 0 Å². The first-order valence-corrected chi connectivity index (χ1v) is 9.45. The van der Waals surface area contributed by atoms with Gasteiger partial charge in [-0.2, -0.15) is 0 Å². The quantitative estimate of drug-likeness (QED) is 0.527. The van der Waals surface area contributed by atoms with Crippen molar-refractivity contribution in [2.24, 2.45) is 0 Å². The molecule has 3 aromatic rings. The lowest BCUT2D eigenvalue weighted by atomic mass is 9.91. The number of hydrogen-bond acceptors (Lipinski definition) is 2. The zero-order chi connectivity index (χ0) is 19.3. The predicted molar refractivity (Wildman–Crippen MR) is 112 cm³/mol. The van der Waals surface area contributed by atoms with Gasteiger partial charge in [-0.15, -0.1) is 0 Å². The van der Waals surface area contributed by atoms with E-state index in [1.165, 1.54) is 50.1 Å². The van der Waals surface area contributed by atoms with E-state index in [1.54, 1.807) is 7.11 Å². The van der Waals surface area contributed by atoms with E-state index in [1.807, 2.05) is 6.92 Å². The third-order valence-electron chi connectivity index (χ3n) is 5.68. The Morgan fingerprint density at radius 2 is 1.56 bits per heavy atom. The molecule has 2 aromatic carbocycles. The maximum atomic E-state index is 5.99. The molecule has 1 aliphatic rings. The van der Waals surface area contributed by atoms with Crippen molar-refractivity contribution in [1.82, 2.24) is 0 Å². The van der Waals surface area contributed by atoms with Crippen molar-refractivity contribution in [3.63, 3.8) is 0 Å². The molecule has 1 aromatic heterocycles. The Hall–Kier alpha value is -2.74. The third kappa shape index (κ3) is 2.90. The molecular weight excluding hydrogens is 332 g/mol. The van der Waals surface area contributed by atoms with E-state index >= 15 is 0 Å². The second-order valence-electron chi connectivity index (χ2n) is 7.67. The lowest BCUT2D eigenvalue weighted by molar-refractivity contribution is 0.408. The largest absolute Gasteiger partial charge is 0.496 e. The highest BCUT2D eigenvalue weighted by molar-refractivity contribution is 5.94. The van der Waals surface area contributed by atoms with Crippen molar-refractivity contribution in [1.29, 1.82) is 0 Å². The van der Waals surface area contributed by atoms with Crippen LogP contribution in [0.2, 0.25) is 0 Å². The van der Waals surface area contributed by atoms with Gasteiger partial charge in [-0.3, -0.25) is 0 Å². The molecule has 0 unspecified atom stereocenters. The molecule has 27 heavy (non-hydrogen) atoms. The highest BCUT2D eigenvalue weighted by Crippen LogP contribution is 2.41. The first-order valence-electron chi connectivity index (χ1n) is 9.45. The van der Waals surface area contributed by atoms with Gasteiger partial charge in [-0.05, 0) is 109 Å². The Morgan fingerprint density at radius 3 is 2.15 bits per heavy atom. The molecule has 1 aliphatic carbocycles. The monoisotopic (exact) mass is 358 g/mol. The fourth-order valence-electron chi connectivity index (χ4n) is 4.21. The molecule has 0 saturated carbocycles. The highest BCUT2D eigenvalue weighted by atomic mass is 16.5. The molecule has 0 amide bonds. The molecule has 0 fully saturated rings. The first kappa shape index (κ1) is 17.7. The van der Waals surface area contributed by atoms with E-state index in [4.69, 9.17) is 9.15 Å². The van der Waals surface area contributed by atoms with Crippen LogP contribution < -0.4 is 4.74 Å². The number of hydrogen-bond donors (Lipinski definition) is 0. The topological polar surface area (TPSA) is 22.4 Å². The number of aryl methyl sites for hydroxylation is 5. The van der Waals surface area contributed by atoms with Crippen molar-refractivity contribution in [2.75, 3.05) is 7.11 Å². The maximum absolute atomic E-state index is 5.99. The fraction of sp³-hybridized carbons (Fsp3) is 0.280. The molecule has 0 aliphatic heterocycles. The predicted octanol–water partition coefficient (Wildman–Crippen LogP) is 6.59. The lowest BCUT2D eigenvalue weighted by Crippen LogP contribution is -1.95. The van der Waals surface area contributed by atoms with Crippen LogP contribution in [0.15, 0.2) is 34.7 Å². The number of fused-ring (bicyclic) bond motifs is 1. The van der Waals surface area contributed by atoms with Crippen LogP contribution >= 0.6 is 0 Å². The summed E-state index contributed by atoms with van der Waals surface area (Å²) in [6.07, 6.45) is 3.23. The summed E-state index contributed by atoms with van der Waals surface area (Å²) in [5.41, 5.74) is 11.4. The molecule has 0 atom stereocenters. The van der Waals surface area contributed by atoms with Crippen LogP contribution in [0.3, 0.4) is 0 Å². The van der Waals surface area contributed by atoms with Gasteiger partial charge in [0.15, 0.2) is 0 Å². The van der Waals surface area contributed by atoms with E-state index in [9.17, 15) is 0 Å². The van der Waals surface area contributed by atoms with Crippen molar-refractivity contribution >= 4 is 11.6 Å². The van der Waals surface area contributed by atoms with E-state index in [0.29, 0.717) is 0 Å². The summed E-state index contributed by atoms with van der Waals surface area (Å²) >= 11 is 0. The van der Waals surface area contributed by atoms with Crippen LogP contribution in [-0.4, -0.2) is 7.11 Å². The number of methoxy groups -OCH3 is 1. The molecule has 2 nitrogen and oxygen atoms in total. The van der Waals surface area contributed by atoms with Crippen LogP contribution in [0.4, 0.5) is 0 Å². The molecule has 0 spiro atoms. The molecule has 0 saturated heterocycles. The Bertz CT molecular complexity index is 1040. The normalized spacial score (nSPS) is 12.9. The molecule has 0 bridgehead atoms. The Morgan fingerprint density at radius 1 is 0.852 bits per heavy atom. The summed E-state index contributed by atoms with van der Waals surface area (Å²) in [6, 6.07) is 11.1. The Labute approximate surface area is 161 Å². The van der Waals surface area contributed by atoms with Gasteiger partial charge >= 0.3 is 0 Å². The summed E-state index contributed by atoms with van der Waals surface area (Å²) in [7, 11) is 1.74. The van der Waals surface area contributed by atoms with Gasteiger partial charge in [0.25, 0.3) is 0 Å². The standard InChI is InChI=1S/C25H26O2/c1-14-7-8-19-12-20(23-11-15(2)18(5)27-23)13-22(19)24(14)21-9-16(3)25(26-6)17(4)10-21/h7-11,13H,12H2,1-6H3. The minimum atomic E-state index is 0.920. The summed E-state index contributed by atoms with van der Waals surface area (Å²) < 4.78 is 11.5. The Balaban J connectivity index is 1.87. The molecule has 2 heteroatoms. The van der Waals surface area contributed by atoms with Gasteiger partial charge in [-0.1, -0.05) is 12.1 Å². The first-order chi connectivity index (χ1) is 12.9. The summed E-state index contributed by atoms with van der Waals surface area (Å²) in [5, 5.41) is 0. The van der Waals surface area contributed by atoms with Crippen LogP contribution in [0.5, 0.6) is 5.75 Å². The van der Waals surface area contributed by atoms with Crippen LogP contribution in [0.25, 0.3) is 22.8 Å². The molecule has 4 rings (SSSR count). The smallest absolute Gasteiger partial charge is 0.130 e. The molecular formula is C25H26O2. The fourth-order valence-corrected chi connectivity index (χ4v) is 4.21. The molecule has 1 heterocycles.